The van der Waals surface area contributed by atoms with E-state index in [1.807, 2.05) is 24.0 Å². The van der Waals surface area contributed by atoms with E-state index in [0.717, 1.165) is 31.7 Å². The molecule has 0 spiro atoms. The molecule has 8 heteroatoms. The van der Waals surface area contributed by atoms with Gasteiger partial charge in [0.15, 0.2) is 0 Å². The molecule has 1 aromatic heterocycles. The van der Waals surface area contributed by atoms with E-state index in [1.54, 1.807) is 30.6 Å². The molecule has 2 atom stereocenters. The van der Waals surface area contributed by atoms with Gasteiger partial charge in [0.25, 0.3) is 11.8 Å². The Balaban J connectivity index is 0.00000140. The Morgan fingerprint density at radius 3 is 2.36 bits per heavy atom. The van der Waals surface area contributed by atoms with Gasteiger partial charge in [-0.1, -0.05) is 12.1 Å². The summed E-state index contributed by atoms with van der Waals surface area (Å²) < 4.78 is 0. The van der Waals surface area contributed by atoms with Gasteiger partial charge in [0.2, 0.25) is 0 Å². The maximum atomic E-state index is 13.1. The van der Waals surface area contributed by atoms with E-state index in [9.17, 15) is 9.59 Å². The summed E-state index contributed by atoms with van der Waals surface area (Å²) in [4.78, 5) is 31.5. The van der Waals surface area contributed by atoms with Crippen LogP contribution in [0.25, 0.3) is 0 Å². The highest BCUT2D eigenvalue weighted by molar-refractivity contribution is 6.09. The Morgan fingerprint density at radius 2 is 1.71 bits per heavy atom. The SMILES string of the molecule is Cc1cccc(C(=O)N2C[C@H]3CNC[C@H]3C2)c1NC(=O)c1ccncc1.Cl.Cl. The molecule has 2 aliphatic rings. The van der Waals surface area contributed by atoms with Crippen molar-refractivity contribution in [2.45, 2.75) is 6.92 Å². The van der Waals surface area contributed by atoms with Gasteiger partial charge in [0, 0.05) is 44.1 Å². The topological polar surface area (TPSA) is 74.3 Å². The van der Waals surface area contributed by atoms with E-state index in [-0.39, 0.29) is 36.6 Å². The molecule has 2 aliphatic heterocycles. The smallest absolute Gasteiger partial charge is 0.255 e. The van der Waals surface area contributed by atoms with E-state index in [4.69, 9.17) is 0 Å². The second kappa shape index (κ2) is 9.37. The van der Waals surface area contributed by atoms with Crippen LogP contribution in [-0.2, 0) is 0 Å². The number of para-hydroxylation sites is 1. The number of carbonyl (C=O) groups is 2. The highest BCUT2D eigenvalue weighted by atomic mass is 35.5. The van der Waals surface area contributed by atoms with Crippen molar-refractivity contribution in [3.8, 4) is 0 Å². The Kier molecular flexibility index (Phi) is 7.41. The van der Waals surface area contributed by atoms with Crippen LogP contribution in [-0.4, -0.2) is 47.9 Å². The molecule has 1 aromatic carbocycles. The van der Waals surface area contributed by atoms with E-state index < -0.39 is 0 Å². The molecule has 2 saturated heterocycles. The number of fused-ring (bicyclic) bond motifs is 1. The van der Waals surface area contributed by atoms with Crippen LogP contribution in [0.15, 0.2) is 42.7 Å². The third-order valence-electron chi connectivity index (χ3n) is 5.36. The molecule has 6 nitrogen and oxygen atoms in total. The molecular weight excluding hydrogens is 399 g/mol. The van der Waals surface area contributed by atoms with E-state index >= 15 is 0 Å². The number of amides is 2. The third kappa shape index (κ3) is 4.29. The summed E-state index contributed by atoms with van der Waals surface area (Å²) >= 11 is 0. The van der Waals surface area contributed by atoms with Crippen molar-refractivity contribution in [2.75, 3.05) is 31.5 Å². The second-order valence-corrected chi connectivity index (χ2v) is 7.08. The van der Waals surface area contributed by atoms with Crippen molar-refractivity contribution < 1.29 is 9.59 Å². The largest absolute Gasteiger partial charge is 0.338 e. The van der Waals surface area contributed by atoms with Crippen LogP contribution in [0.1, 0.15) is 26.3 Å². The number of benzene rings is 1. The standard InChI is InChI=1S/C20H22N4O2.2ClH/c1-13-3-2-4-17(18(13)23-19(25)14-5-7-21-8-6-14)20(26)24-11-15-9-22-10-16(15)12-24;;/h2-8,15-16,22H,9-12H2,1H3,(H,23,25);2*1H/t15-,16+;;. The van der Waals surface area contributed by atoms with Crippen LogP contribution in [0.2, 0.25) is 0 Å². The van der Waals surface area contributed by atoms with Crippen molar-refractivity contribution in [3.63, 3.8) is 0 Å². The van der Waals surface area contributed by atoms with E-state index in [1.165, 1.54) is 0 Å². The molecule has 0 unspecified atom stereocenters. The zero-order valence-corrected chi connectivity index (χ0v) is 17.2. The van der Waals surface area contributed by atoms with Gasteiger partial charge in [-0.2, -0.15) is 0 Å². The van der Waals surface area contributed by atoms with Gasteiger partial charge in [-0.05, 0) is 42.5 Å². The molecular formula is C20H24Cl2N4O2. The lowest BCUT2D eigenvalue weighted by Gasteiger charge is -2.20. The first-order chi connectivity index (χ1) is 12.6. The molecule has 4 rings (SSSR count). The molecule has 0 aliphatic carbocycles. The first kappa shape index (κ1) is 22.1. The number of anilines is 1. The molecule has 28 heavy (non-hydrogen) atoms. The van der Waals surface area contributed by atoms with Gasteiger partial charge in [-0.25, -0.2) is 0 Å². The molecule has 0 saturated carbocycles. The van der Waals surface area contributed by atoms with Crippen LogP contribution in [0, 0.1) is 18.8 Å². The number of pyridine rings is 1. The highest BCUT2D eigenvalue weighted by Crippen LogP contribution is 2.30. The van der Waals surface area contributed by atoms with Crippen molar-refractivity contribution in [1.29, 1.82) is 0 Å². The Hall–Kier alpha value is -2.15. The first-order valence-corrected chi connectivity index (χ1v) is 8.94. The van der Waals surface area contributed by atoms with Gasteiger partial charge in [-0.3, -0.25) is 14.6 Å². The predicted octanol–water partition coefficient (Wildman–Crippen LogP) is 2.78. The molecule has 2 fully saturated rings. The summed E-state index contributed by atoms with van der Waals surface area (Å²) in [5.74, 6) is 0.837. The van der Waals surface area contributed by atoms with Crippen LogP contribution in [0.3, 0.4) is 0 Å². The second-order valence-electron chi connectivity index (χ2n) is 7.08. The molecule has 150 valence electrons. The number of aryl methyl sites for hydroxylation is 1. The highest BCUT2D eigenvalue weighted by Gasteiger charge is 2.38. The summed E-state index contributed by atoms with van der Waals surface area (Å²) in [6, 6.07) is 8.88. The number of nitrogens with one attached hydrogen (secondary N) is 2. The number of carbonyl (C=O) groups excluding carboxylic acids is 2. The van der Waals surface area contributed by atoms with E-state index in [0.29, 0.717) is 28.7 Å². The summed E-state index contributed by atoms with van der Waals surface area (Å²) in [7, 11) is 0. The Bertz CT molecular complexity index is 835. The van der Waals surface area contributed by atoms with Crippen LogP contribution in [0.4, 0.5) is 5.69 Å². The number of likely N-dealkylation sites (tertiary alicyclic amines) is 1. The minimum Gasteiger partial charge on any atom is -0.338 e. The lowest BCUT2D eigenvalue weighted by atomic mass is 10.0. The molecule has 2 N–H and O–H groups in total. The number of hydrogen-bond donors (Lipinski definition) is 2. The maximum absolute atomic E-state index is 13.1. The minimum atomic E-state index is -0.238. The normalized spacial score (nSPS) is 20.0. The van der Waals surface area contributed by atoms with Gasteiger partial charge in [0.1, 0.15) is 0 Å². The minimum absolute atomic E-state index is 0. The van der Waals surface area contributed by atoms with Crippen LogP contribution in [0.5, 0.6) is 0 Å². The zero-order chi connectivity index (χ0) is 18.1. The predicted molar refractivity (Wildman–Crippen MR) is 114 cm³/mol. The van der Waals surface area contributed by atoms with Crippen molar-refractivity contribution in [3.05, 3.63) is 59.4 Å². The van der Waals surface area contributed by atoms with Crippen LogP contribution >= 0.6 is 24.8 Å². The molecule has 0 bridgehead atoms. The van der Waals surface area contributed by atoms with Crippen molar-refractivity contribution in [2.24, 2.45) is 11.8 Å². The fourth-order valence-corrected chi connectivity index (χ4v) is 3.89. The van der Waals surface area contributed by atoms with Crippen molar-refractivity contribution >= 4 is 42.3 Å². The van der Waals surface area contributed by atoms with Gasteiger partial charge >= 0.3 is 0 Å². The lowest BCUT2D eigenvalue weighted by Crippen LogP contribution is -2.32. The monoisotopic (exact) mass is 422 g/mol. The number of aromatic nitrogens is 1. The maximum Gasteiger partial charge on any atom is 0.255 e. The van der Waals surface area contributed by atoms with E-state index in [2.05, 4.69) is 15.6 Å². The average Bonchev–Trinajstić information content (AvgIpc) is 3.25. The number of halogens is 2. The zero-order valence-electron chi connectivity index (χ0n) is 15.6. The lowest BCUT2D eigenvalue weighted by molar-refractivity contribution is 0.0782. The number of hydrogen-bond acceptors (Lipinski definition) is 4. The Labute approximate surface area is 176 Å². The molecule has 3 heterocycles. The molecule has 2 amide bonds. The first-order valence-electron chi connectivity index (χ1n) is 8.94. The quantitative estimate of drug-likeness (QED) is 0.797. The summed E-state index contributed by atoms with van der Waals surface area (Å²) in [6.07, 6.45) is 3.16. The fourth-order valence-electron chi connectivity index (χ4n) is 3.89. The van der Waals surface area contributed by atoms with Gasteiger partial charge in [0.05, 0.1) is 11.3 Å². The fraction of sp³-hybridized carbons (Fsp3) is 0.350. The van der Waals surface area contributed by atoms with Gasteiger partial charge in [-0.15, -0.1) is 24.8 Å². The summed E-state index contributed by atoms with van der Waals surface area (Å²) in [6.45, 7) is 5.42. The molecule has 2 aromatic rings. The van der Waals surface area contributed by atoms with Gasteiger partial charge < -0.3 is 15.5 Å². The third-order valence-corrected chi connectivity index (χ3v) is 5.36. The molecule has 0 radical (unpaired) electrons. The summed E-state index contributed by atoms with van der Waals surface area (Å²) in [5.41, 5.74) is 2.54. The Morgan fingerprint density at radius 1 is 1.07 bits per heavy atom. The number of rotatable bonds is 3. The summed E-state index contributed by atoms with van der Waals surface area (Å²) in [5, 5.41) is 6.31. The number of nitrogens with zero attached hydrogens (tertiary/aromatic N) is 2. The van der Waals surface area contributed by atoms with Crippen LogP contribution < -0.4 is 10.6 Å². The van der Waals surface area contributed by atoms with Crippen molar-refractivity contribution in [1.82, 2.24) is 15.2 Å². The average molecular weight is 423 g/mol.